The van der Waals surface area contributed by atoms with E-state index < -0.39 is 24.4 Å². The summed E-state index contributed by atoms with van der Waals surface area (Å²) >= 11 is 12.9. The summed E-state index contributed by atoms with van der Waals surface area (Å²) in [4.78, 5) is 0. The van der Waals surface area contributed by atoms with Gasteiger partial charge in [-0.05, 0) is 102 Å². The number of hydrogen-bond donors (Lipinski definition) is 0. The first-order valence-corrected chi connectivity index (χ1v) is 27.3. The maximum atomic E-state index is 14.2. The Hall–Kier alpha value is -3.45. The van der Waals surface area contributed by atoms with Crippen molar-refractivity contribution in [1.82, 2.24) is 0 Å². The van der Waals surface area contributed by atoms with Crippen LogP contribution in [0, 0.1) is 0 Å². The molecule has 0 aromatic heterocycles. The van der Waals surface area contributed by atoms with Crippen LogP contribution in [-0.2, 0) is 4.57 Å². The molecule has 7 rings (SSSR count). The molecule has 0 fully saturated rings. The lowest BCUT2D eigenvalue weighted by Gasteiger charge is -2.44. The molecule has 0 amide bonds. The van der Waals surface area contributed by atoms with Crippen LogP contribution in [0.2, 0.25) is 43.3 Å². The molecule has 1 aliphatic heterocycles. The van der Waals surface area contributed by atoms with Crippen molar-refractivity contribution >= 4 is 79.5 Å². The highest BCUT2D eigenvalue weighted by atomic mass is 35.5. The first kappa shape index (κ1) is 42.7. The van der Waals surface area contributed by atoms with E-state index in [1.165, 1.54) is 10.4 Å². The lowest BCUT2D eigenvalue weighted by molar-refractivity contribution is 0.422. The van der Waals surface area contributed by atoms with Gasteiger partial charge in [0.25, 0.3) is 0 Å². The van der Waals surface area contributed by atoms with Crippen molar-refractivity contribution in [3.63, 3.8) is 0 Å². The zero-order valence-electron chi connectivity index (χ0n) is 36.1. The molecule has 0 saturated heterocycles. The van der Waals surface area contributed by atoms with Gasteiger partial charge in [-0.15, -0.1) is 0 Å². The molecule has 1 heterocycles. The summed E-state index contributed by atoms with van der Waals surface area (Å²) in [5.41, 5.74) is 8.62. The fraction of sp³-hybridized carbons (Fsp3) is 0.360. The highest BCUT2D eigenvalue weighted by Crippen LogP contribution is 2.58. The quantitative estimate of drug-likeness (QED) is 0.102. The van der Waals surface area contributed by atoms with Crippen LogP contribution in [0.5, 0.6) is 11.5 Å². The predicted molar refractivity (Wildman–Crippen MR) is 258 cm³/mol. The average molecular weight is 865 g/mol. The van der Waals surface area contributed by atoms with Gasteiger partial charge in [-0.1, -0.05) is 177 Å². The van der Waals surface area contributed by atoms with E-state index in [0.29, 0.717) is 54.8 Å². The molecule has 0 radical (unpaired) electrons. The Morgan fingerprint density at radius 1 is 0.448 bits per heavy atom. The van der Waals surface area contributed by atoms with Crippen LogP contribution in [0.3, 0.4) is 0 Å². The van der Waals surface area contributed by atoms with Crippen LogP contribution < -0.4 is 19.4 Å². The molecular weight excluding hydrogens is 807 g/mol. The van der Waals surface area contributed by atoms with E-state index in [1.807, 2.05) is 48.5 Å². The largest absolute Gasteiger partial charge is 0.805 e. The zero-order valence-corrected chi connectivity index (χ0v) is 40.5. The van der Waals surface area contributed by atoms with E-state index in [9.17, 15) is 4.57 Å². The maximum absolute atomic E-state index is 14.2. The molecule has 8 heteroatoms. The summed E-state index contributed by atoms with van der Waals surface area (Å²) in [5, 5.41) is 8.55. The van der Waals surface area contributed by atoms with Crippen LogP contribution in [-0.4, -0.2) is 16.1 Å². The Bertz CT molecular complexity index is 2310. The number of halogens is 2. The fourth-order valence-corrected chi connectivity index (χ4v) is 26.4. The Morgan fingerprint density at radius 2 is 0.759 bits per heavy atom. The summed E-state index contributed by atoms with van der Waals surface area (Å²) in [6.07, 6.45) is 0. The van der Waals surface area contributed by atoms with E-state index in [2.05, 4.69) is 132 Å². The molecule has 0 N–H and O–H groups in total. The van der Waals surface area contributed by atoms with Gasteiger partial charge in [0.1, 0.15) is 0 Å². The van der Waals surface area contributed by atoms with Crippen molar-refractivity contribution in [2.24, 2.45) is 0 Å². The molecule has 0 bridgehead atoms. The third-order valence-electron chi connectivity index (χ3n) is 13.8. The molecule has 0 unspecified atom stereocenters. The lowest BCUT2D eigenvalue weighted by Crippen LogP contribution is -2.55. The van der Waals surface area contributed by atoms with E-state index in [1.54, 1.807) is 0 Å². The number of benzene rings is 6. The van der Waals surface area contributed by atoms with Crippen LogP contribution in [0.4, 0.5) is 0 Å². The standard InChI is InChI=1S/C50H58Cl2O3PSi2/c1-29(2)57(30(3)4,31(5)6)41-21-23-43-37(25-41)27-45(35-13-17-39(51)18-14-35)49-47(43)48-44-24-22-42(58(32(7)8,33(9)10)34(11)12)26-38(44)28-46(50(48)55-56(53)54-49)36-15-19-40(52)20-16-36/h13-34H,1-12H3/q+1. The predicted octanol–water partition coefficient (Wildman–Crippen LogP) is 16.5. The van der Waals surface area contributed by atoms with Gasteiger partial charge in [-0.3, -0.25) is 0 Å². The van der Waals surface area contributed by atoms with Gasteiger partial charge < -0.3 is 0 Å². The molecule has 6 aromatic carbocycles. The molecule has 58 heavy (non-hydrogen) atoms. The van der Waals surface area contributed by atoms with Gasteiger partial charge in [0, 0.05) is 36.9 Å². The molecule has 0 spiro atoms. The highest BCUT2D eigenvalue weighted by Gasteiger charge is 2.46. The van der Waals surface area contributed by atoms with Crippen molar-refractivity contribution in [2.75, 3.05) is 0 Å². The first-order valence-electron chi connectivity index (χ1n) is 21.0. The molecule has 0 atom stereocenters. The number of hydrogen-bond acceptors (Lipinski definition) is 3. The topological polar surface area (TPSA) is 35.5 Å². The van der Waals surface area contributed by atoms with E-state index in [4.69, 9.17) is 32.2 Å². The SMILES string of the molecule is CC(C)[Si](c1ccc2c3c(c(-c4ccc(Cl)cc4)cc2c1)O[P+](=O)Oc1c(-c2ccc(Cl)cc2)cc2cc([Si](C(C)C)(C(C)C)C(C)C)ccc2c1-3)(C(C)C)C(C)C. The molecule has 0 aliphatic carbocycles. The fourth-order valence-electron chi connectivity index (χ4n) is 11.9. The van der Waals surface area contributed by atoms with Gasteiger partial charge in [0.2, 0.25) is 11.5 Å². The van der Waals surface area contributed by atoms with Crippen molar-refractivity contribution in [3.05, 3.63) is 107 Å². The van der Waals surface area contributed by atoms with Gasteiger partial charge in [-0.25, -0.2) is 9.05 Å². The minimum Gasteiger partial charge on any atom is -0.221 e. The molecule has 302 valence electrons. The first-order chi connectivity index (χ1) is 27.4. The van der Waals surface area contributed by atoms with E-state index in [0.717, 1.165) is 54.9 Å². The van der Waals surface area contributed by atoms with Crippen LogP contribution >= 0.6 is 31.5 Å². The monoisotopic (exact) mass is 863 g/mol. The molecular formula is C50H58Cl2O3PSi2+. The number of fused-ring (bicyclic) bond motifs is 7. The number of rotatable bonds is 10. The lowest BCUT2D eigenvalue weighted by atomic mass is 9.86. The van der Waals surface area contributed by atoms with Crippen LogP contribution in [0.1, 0.15) is 83.1 Å². The minimum absolute atomic E-state index is 0.543. The van der Waals surface area contributed by atoms with Crippen molar-refractivity contribution < 1.29 is 13.6 Å². The Balaban J connectivity index is 1.68. The minimum atomic E-state index is -2.62. The van der Waals surface area contributed by atoms with Gasteiger partial charge in [0.05, 0.1) is 16.1 Å². The normalized spacial score (nSPS) is 13.6. The van der Waals surface area contributed by atoms with Gasteiger partial charge in [0.15, 0.2) is 0 Å². The Labute approximate surface area is 359 Å². The second kappa shape index (κ2) is 16.2. The Morgan fingerprint density at radius 3 is 1.05 bits per heavy atom. The molecule has 0 saturated carbocycles. The summed E-state index contributed by atoms with van der Waals surface area (Å²) in [6.45, 7) is 29.0. The maximum Gasteiger partial charge on any atom is 0.805 e. The van der Waals surface area contributed by atoms with Gasteiger partial charge in [-0.2, -0.15) is 0 Å². The zero-order chi connectivity index (χ0) is 42.0. The summed E-state index contributed by atoms with van der Waals surface area (Å²) in [7, 11) is -6.69. The van der Waals surface area contributed by atoms with Crippen LogP contribution in [0.15, 0.2) is 97.1 Å². The second-order valence-corrected chi connectivity index (χ2v) is 31.8. The molecule has 6 aromatic rings. The second-order valence-electron chi connectivity index (χ2n) is 18.3. The van der Waals surface area contributed by atoms with Gasteiger partial charge >= 0.3 is 8.25 Å². The van der Waals surface area contributed by atoms with E-state index >= 15 is 0 Å². The van der Waals surface area contributed by atoms with Crippen molar-refractivity contribution in [2.45, 2.75) is 116 Å². The highest BCUT2D eigenvalue weighted by molar-refractivity contribution is 7.34. The smallest absolute Gasteiger partial charge is 0.221 e. The summed E-state index contributed by atoms with van der Waals surface area (Å²) < 4.78 is 27.4. The average Bonchev–Trinajstić information content (AvgIpc) is 3.30. The summed E-state index contributed by atoms with van der Waals surface area (Å²) in [6, 6.07) is 34.5. The Kier molecular flexibility index (Phi) is 11.9. The van der Waals surface area contributed by atoms with Crippen molar-refractivity contribution in [1.29, 1.82) is 0 Å². The molecule has 3 nitrogen and oxygen atoms in total. The van der Waals surface area contributed by atoms with Crippen LogP contribution in [0.25, 0.3) is 54.9 Å². The van der Waals surface area contributed by atoms with Crippen molar-refractivity contribution in [3.8, 4) is 44.9 Å². The van der Waals surface area contributed by atoms with E-state index in [-0.39, 0.29) is 0 Å². The third-order valence-corrected chi connectivity index (χ3v) is 29.1. The molecule has 1 aliphatic rings. The third kappa shape index (κ3) is 6.87. The summed E-state index contributed by atoms with van der Waals surface area (Å²) in [5.74, 6) is 1.10.